The first-order valence-corrected chi connectivity index (χ1v) is 8.21. The molecule has 0 saturated carbocycles. The zero-order chi connectivity index (χ0) is 15.0. The van der Waals surface area contributed by atoms with Gasteiger partial charge in [-0.3, -0.25) is 0 Å². The summed E-state index contributed by atoms with van der Waals surface area (Å²) in [5, 5.41) is 0. The van der Waals surface area contributed by atoms with Crippen LogP contribution in [0.15, 0.2) is 16.6 Å². The molecule has 0 bridgehead atoms. The molecule has 3 rings (SSSR count). The first-order valence-electron chi connectivity index (χ1n) is 7.41. The quantitative estimate of drug-likeness (QED) is 0.920. The number of hydrogen-bond donors (Lipinski definition) is 1. The van der Waals surface area contributed by atoms with Crippen molar-refractivity contribution in [2.45, 2.75) is 26.3 Å². The van der Waals surface area contributed by atoms with Crippen LogP contribution < -0.4 is 5.73 Å². The van der Waals surface area contributed by atoms with Crippen molar-refractivity contribution in [3.05, 3.63) is 22.4 Å². The molecule has 1 aromatic heterocycles. The smallest absolute Gasteiger partial charge is 0.201 e. The minimum Gasteiger partial charge on any atom is -0.369 e. The van der Waals surface area contributed by atoms with E-state index in [9.17, 15) is 4.39 Å². The molecule has 0 atom stereocenters. The van der Waals surface area contributed by atoms with Crippen LogP contribution >= 0.6 is 15.9 Å². The second kappa shape index (κ2) is 5.93. The largest absolute Gasteiger partial charge is 0.369 e. The zero-order valence-electron chi connectivity index (χ0n) is 12.1. The lowest BCUT2D eigenvalue weighted by Gasteiger charge is -2.31. The van der Waals surface area contributed by atoms with E-state index in [0.717, 1.165) is 31.7 Å². The molecule has 1 saturated heterocycles. The van der Waals surface area contributed by atoms with Crippen LogP contribution in [0.25, 0.3) is 11.0 Å². The first-order chi connectivity index (χ1) is 10.1. The summed E-state index contributed by atoms with van der Waals surface area (Å²) in [6.07, 6.45) is 2.35. The molecule has 1 fully saturated rings. The van der Waals surface area contributed by atoms with Crippen molar-refractivity contribution in [3.8, 4) is 0 Å². The summed E-state index contributed by atoms with van der Waals surface area (Å²) in [6.45, 7) is 6.47. The number of hydrogen-bond acceptors (Lipinski definition) is 3. The van der Waals surface area contributed by atoms with Crippen LogP contribution in [0.2, 0.25) is 0 Å². The summed E-state index contributed by atoms with van der Waals surface area (Å²) in [5.41, 5.74) is 7.55. The van der Waals surface area contributed by atoms with Crippen LogP contribution in [0.5, 0.6) is 0 Å². The lowest BCUT2D eigenvalue weighted by molar-refractivity contribution is 0.182. The van der Waals surface area contributed by atoms with Gasteiger partial charge in [0.2, 0.25) is 5.95 Å². The van der Waals surface area contributed by atoms with E-state index in [2.05, 4.69) is 32.7 Å². The Morgan fingerprint density at radius 1 is 1.38 bits per heavy atom. The van der Waals surface area contributed by atoms with E-state index in [1.165, 1.54) is 18.9 Å². The molecular formula is C15H20BrFN4. The van der Waals surface area contributed by atoms with Crippen molar-refractivity contribution in [1.82, 2.24) is 14.5 Å². The Hall–Kier alpha value is -1.14. The second-order valence-electron chi connectivity index (χ2n) is 5.71. The molecule has 114 valence electrons. The number of nitrogen functional groups attached to an aromatic ring is 1. The summed E-state index contributed by atoms with van der Waals surface area (Å²) in [5.74, 6) is 0.778. The van der Waals surface area contributed by atoms with Crippen molar-refractivity contribution < 1.29 is 4.39 Å². The molecule has 2 heterocycles. The zero-order valence-corrected chi connectivity index (χ0v) is 13.7. The van der Waals surface area contributed by atoms with E-state index in [4.69, 9.17) is 5.73 Å². The maximum absolute atomic E-state index is 13.6. The molecule has 2 N–H and O–H groups in total. The highest BCUT2D eigenvalue weighted by molar-refractivity contribution is 9.10. The van der Waals surface area contributed by atoms with Crippen LogP contribution in [0.4, 0.5) is 10.3 Å². The maximum atomic E-state index is 13.6. The van der Waals surface area contributed by atoms with E-state index in [0.29, 0.717) is 21.9 Å². The highest BCUT2D eigenvalue weighted by Gasteiger charge is 2.20. The topological polar surface area (TPSA) is 47.1 Å². The number of anilines is 1. The fraction of sp³-hybridized carbons (Fsp3) is 0.533. The number of nitrogens with zero attached hydrogens (tertiary/aromatic N) is 3. The molecule has 1 aromatic carbocycles. The highest BCUT2D eigenvalue weighted by atomic mass is 79.9. The van der Waals surface area contributed by atoms with Gasteiger partial charge in [-0.25, -0.2) is 9.37 Å². The molecule has 4 nitrogen and oxygen atoms in total. The van der Waals surface area contributed by atoms with Gasteiger partial charge in [-0.1, -0.05) is 6.92 Å². The number of rotatable bonds is 3. The minimum absolute atomic E-state index is 0.302. The molecule has 0 unspecified atom stereocenters. The van der Waals surface area contributed by atoms with Crippen LogP contribution in [-0.2, 0) is 6.54 Å². The van der Waals surface area contributed by atoms with Crippen LogP contribution in [0.3, 0.4) is 0 Å². The molecule has 1 aliphatic rings. The van der Waals surface area contributed by atoms with Crippen molar-refractivity contribution in [1.29, 1.82) is 0 Å². The molecule has 0 aliphatic carbocycles. The molecule has 1 aliphatic heterocycles. The van der Waals surface area contributed by atoms with Gasteiger partial charge >= 0.3 is 0 Å². The normalized spacial score (nSPS) is 17.7. The number of imidazole rings is 1. The van der Waals surface area contributed by atoms with Crippen LogP contribution in [0.1, 0.15) is 19.8 Å². The molecular weight excluding hydrogens is 335 g/mol. The maximum Gasteiger partial charge on any atom is 0.201 e. The van der Waals surface area contributed by atoms with Gasteiger partial charge in [0, 0.05) is 12.6 Å². The predicted octanol–water partition coefficient (Wildman–Crippen LogP) is 3.25. The van der Waals surface area contributed by atoms with Gasteiger partial charge in [0.15, 0.2) is 0 Å². The van der Waals surface area contributed by atoms with Crippen molar-refractivity contribution in [3.63, 3.8) is 0 Å². The van der Waals surface area contributed by atoms with E-state index in [-0.39, 0.29) is 5.82 Å². The summed E-state index contributed by atoms with van der Waals surface area (Å²) in [4.78, 5) is 6.75. The van der Waals surface area contributed by atoms with Gasteiger partial charge in [-0.05, 0) is 60.4 Å². The Morgan fingerprint density at radius 3 is 2.76 bits per heavy atom. The van der Waals surface area contributed by atoms with Crippen molar-refractivity contribution in [2.75, 3.05) is 25.4 Å². The second-order valence-corrected chi connectivity index (χ2v) is 6.57. The van der Waals surface area contributed by atoms with Gasteiger partial charge in [0.25, 0.3) is 0 Å². The van der Waals surface area contributed by atoms with Gasteiger partial charge < -0.3 is 15.2 Å². The average Bonchev–Trinajstić information content (AvgIpc) is 2.76. The molecule has 2 aromatic rings. The third-order valence-electron chi connectivity index (χ3n) is 4.41. The number of benzene rings is 1. The fourth-order valence-electron chi connectivity index (χ4n) is 3.07. The number of piperidine rings is 1. The number of fused-ring (bicyclic) bond motifs is 1. The van der Waals surface area contributed by atoms with E-state index in [1.54, 1.807) is 6.07 Å². The monoisotopic (exact) mass is 354 g/mol. The predicted molar refractivity (Wildman–Crippen MR) is 86.6 cm³/mol. The standard InChI is InChI=1S/C15H20BrFN4/c1-2-20-5-3-10(4-6-20)9-21-14-7-11(16)12(17)8-13(14)19-15(21)18/h7-8,10H,2-6,9H2,1H3,(H2,18,19). The lowest BCUT2D eigenvalue weighted by atomic mass is 9.96. The third kappa shape index (κ3) is 2.92. The lowest BCUT2D eigenvalue weighted by Crippen LogP contribution is -2.34. The van der Waals surface area contributed by atoms with Gasteiger partial charge in [0.1, 0.15) is 5.82 Å². The molecule has 0 radical (unpaired) electrons. The first kappa shape index (κ1) is 14.8. The summed E-state index contributed by atoms with van der Waals surface area (Å²) >= 11 is 3.24. The van der Waals surface area contributed by atoms with Crippen LogP contribution in [0, 0.1) is 11.7 Å². The average molecular weight is 355 g/mol. The number of halogens is 2. The molecule has 21 heavy (non-hydrogen) atoms. The van der Waals surface area contributed by atoms with Gasteiger partial charge in [-0.2, -0.15) is 0 Å². The third-order valence-corrected chi connectivity index (χ3v) is 5.02. The SMILES string of the molecule is CCN1CCC(Cn2c(N)nc3cc(F)c(Br)cc32)CC1. The summed E-state index contributed by atoms with van der Waals surface area (Å²) in [6, 6.07) is 3.21. The Balaban J connectivity index is 1.84. The molecule has 6 heteroatoms. The summed E-state index contributed by atoms with van der Waals surface area (Å²) in [7, 11) is 0. The fourth-order valence-corrected chi connectivity index (χ4v) is 3.41. The number of nitrogens with two attached hydrogens (primary N) is 1. The minimum atomic E-state index is -0.302. The number of likely N-dealkylation sites (tertiary alicyclic amines) is 1. The molecule has 0 amide bonds. The van der Waals surface area contributed by atoms with E-state index >= 15 is 0 Å². The van der Waals surface area contributed by atoms with Gasteiger partial charge in [0.05, 0.1) is 15.5 Å². The van der Waals surface area contributed by atoms with Gasteiger partial charge in [-0.15, -0.1) is 0 Å². The Kier molecular flexibility index (Phi) is 4.17. The van der Waals surface area contributed by atoms with Crippen LogP contribution in [-0.4, -0.2) is 34.1 Å². The Labute approximate surface area is 132 Å². The summed E-state index contributed by atoms with van der Waals surface area (Å²) < 4.78 is 16.1. The van der Waals surface area contributed by atoms with Crippen molar-refractivity contribution >= 4 is 32.9 Å². The molecule has 0 spiro atoms. The van der Waals surface area contributed by atoms with Crippen molar-refractivity contribution in [2.24, 2.45) is 5.92 Å². The number of aromatic nitrogens is 2. The van der Waals surface area contributed by atoms with E-state index in [1.807, 2.05) is 4.57 Å². The Bertz CT molecular complexity index is 647. The highest BCUT2D eigenvalue weighted by Crippen LogP contribution is 2.27. The van der Waals surface area contributed by atoms with E-state index < -0.39 is 0 Å². The Morgan fingerprint density at radius 2 is 2.10 bits per heavy atom.